The van der Waals surface area contributed by atoms with Crippen LogP contribution >= 0.6 is 0 Å². The number of benzene rings is 2. The number of nitriles is 1. The average Bonchev–Trinajstić information content (AvgIpc) is 2.81. The first-order valence-corrected chi connectivity index (χ1v) is 10.7. The van der Waals surface area contributed by atoms with E-state index in [0.29, 0.717) is 36.0 Å². The van der Waals surface area contributed by atoms with Gasteiger partial charge in [0.1, 0.15) is 29.2 Å². The number of methoxy groups -OCH3 is 1. The number of ether oxygens (including phenoxy) is 3. The van der Waals surface area contributed by atoms with Gasteiger partial charge in [0.05, 0.1) is 23.9 Å². The molecule has 7 heteroatoms. The summed E-state index contributed by atoms with van der Waals surface area (Å²) in [5.74, 6) is 2.68. The number of nitrogens with zero attached hydrogens (tertiary/aromatic N) is 2. The fraction of sp³-hybridized carbons (Fsp3) is 0.308. The van der Waals surface area contributed by atoms with Crippen LogP contribution in [0.5, 0.6) is 17.2 Å². The largest absolute Gasteiger partial charge is 0.488 e. The molecule has 0 heterocycles. The molecule has 0 aliphatic rings. The van der Waals surface area contributed by atoms with Crippen molar-refractivity contribution in [1.29, 1.82) is 5.26 Å². The second-order valence-electron chi connectivity index (χ2n) is 7.32. The molecule has 0 bridgehead atoms. The molecule has 2 aromatic carbocycles. The quantitative estimate of drug-likeness (QED) is 0.449. The van der Waals surface area contributed by atoms with Crippen LogP contribution in [0.4, 0.5) is 0 Å². The third-order valence-electron chi connectivity index (χ3n) is 4.57. The van der Waals surface area contributed by atoms with Crippen LogP contribution in [0.15, 0.2) is 71.1 Å². The van der Waals surface area contributed by atoms with Gasteiger partial charge in [-0.25, -0.2) is 4.99 Å². The molecule has 2 aromatic rings. The summed E-state index contributed by atoms with van der Waals surface area (Å²) in [6.07, 6.45) is 5.42. The van der Waals surface area contributed by atoms with Gasteiger partial charge in [0, 0.05) is 33.0 Å². The van der Waals surface area contributed by atoms with Crippen LogP contribution in [-0.2, 0) is 11.3 Å². The van der Waals surface area contributed by atoms with Crippen LogP contribution in [-0.4, -0.2) is 33.1 Å². The fourth-order valence-electron chi connectivity index (χ4n) is 2.88. The summed E-state index contributed by atoms with van der Waals surface area (Å²) >= 11 is 0. The van der Waals surface area contributed by atoms with Crippen molar-refractivity contribution in [1.82, 2.24) is 10.6 Å². The highest BCUT2D eigenvalue weighted by molar-refractivity contribution is 5.71. The van der Waals surface area contributed by atoms with Crippen molar-refractivity contribution in [3.05, 3.63) is 77.3 Å². The summed E-state index contributed by atoms with van der Waals surface area (Å²) < 4.78 is 17.3. The van der Waals surface area contributed by atoms with Crippen LogP contribution < -0.4 is 20.1 Å². The molecule has 33 heavy (non-hydrogen) atoms. The first-order valence-electron chi connectivity index (χ1n) is 10.7. The molecule has 0 amide bonds. The molecule has 0 aliphatic carbocycles. The van der Waals surface area contributed by atoms with E-state index in [4.69, 9.17) is 19.5 Å². The Morgan fingerprint density at radius 3 is 2.52 bits per heavy atom. The molecule has 2 rings (SSSR count). The predicted octanol–water partition coefficient (Wildman–Crippen LogP) is 4.91. The molecule has 2 N–H and O–H groups in total. The first-order chi connectivity index (χ1) is 16.0. The lowest BCUT2D eigenvalue weighted by Gasteiger charge is -2.17. The van der Waals surface area contributed by atoms with Crippen LogP contribution in [0.25, 0.3) is 0 Å². The smallest absolute Gasteiger partial charge is 0.145 e. The van der Waals surface area contributed by atoms with Gasteiger partial charge >= 0.3 is 0 Å². The van der Waals surface area contributed by atoms with Crippen molar-refractivity contribution in [2.24, 2.45) is 4.99 Å². The van der Waals surface area contributed by atoms with Gasteiger partial charge < -0.3 is 24.8 Å². The van der Waals surface area contributed by atoms with Crippen molar-refractivity contribution in [3.8, 4) is 23.3 Å². The number of aliphatic imine (C=N–C) groups is 1. The van der Waals surface area contributed by atoms with Crippen molar-refractivity contribution >= 4 is 6.21 Å². The van der Waals surface area contributed by atoms with Gasteiger partial charge in [0.25, 0.3) is 0 Å². The summed E-state index contributed by atoms with van der Waals surface area (Å²) in [5.41, 5.74) is 2.46. The van der Waals surface area contributed by atoms with Crippen LogP contribution in [0.2, 0.25) is 0 Å². The van der Waals surface area contributed by atoms with Gasteiger partial charge in [-0.15, -0.1) is 0 Å². The second-order valence-corrected chi connectivity index (χ2v) is 7.32. The molecular formula is C26H32N4O3. The highest BCUT2D eigenvalue weighted by atomic mass is 16.5. The van der Waals surface area contributed by atoms with Crippen LogP contribution in [0, 0.1) is 11.3 Å². The molecular weight excluding hydrogens is 416 g/mol. The summed E-state index contributed by atoms with van der Waals surface area (Å²) in [4.78, 5) is 4.49. The third-order valence-corrected chi connectivity index (χ3v) is 4.57. The Labute approximate surface area is 196 Å². The number of rotatable bonds is 12. The van der Waals surface area contributed by atoms with Crippen molar-refractivity contribution < 1.29 is 14.2 Å². The Morgan fingerprint density at radius 1 is 1.15 bits per heavy atom. The fourth-order valence-corrected chi connectivity index (χ4v) is 2.88. The monoisotopic (exact) mass is 448 g/mol. The normalized spacial score (nSPS) is 12.8. The minimum absolute atomic E-state index is 0.117. The van der Waals surface area contributed by atoms with E-state index in [-0.39, 0.29) is 6.10 Å². The summed E-state index contributed by atoms with van der Waals surface area (Å²) in [6.45, 7) is 6.84. The van der Waals surface area contributed by atoms with E-state index in [0.717, 1.165) is 17.1 Å². The molecule has 0 saturated carbocycles. The zero-order valence-electron chi connectivity index (χ0n) is 19.9. The highest BCUT2D eigenvalue weighted by Crippen LogP contribution is 2.28. The van der Waals surface area contributed by atoms with Crippen molar-refractivity contribution in [3.63, 3.8) is 0 Å². The highest BCUT2D eigenvalue weighted by Gasteiger charge is 2.10. The average molecular weight is 449 g/mol. The molecule has 7 nitrogen and oxygen atoms in total. The molecule has 0 spiro atoms. The topological polar surface area (TPSA) is 87.9 Å². The Bertz CT molecular complexity index is 1020. The first kappa shape index (κ1) is 25.5. The molecule has 0 radical (unpaired) electrons. The van der Waals surface area contributed by atoms with Crippen molar-refractivity contribution in [2.75, 3.05) is 20.8 Å². The Kier molecular flexibility index (Phi) is 10.5. The van der Waals surface area contributed by atoms with E-state index in [1.165, 1.54) is 0 Å². The molecule has 1 unspecified atom stereocenters. The summed E-state index contributed by atoms with van der Waals surface area (Å²) in [5, 5.41) is 15.5. The SMILES string of the molecule is C\C=C/C=N\C(NCc1cc(Oc2ccc(C#N)cc2)cc(OC(C)COC)c1)=C(/C)NC. The third kappa shape index (κ3) is 8.71. The lowest BCUT2D eigenvalue weighted by Crippen LogP contribution is -2.19. The number of nitrogens with one attached hydrogen (secondary N) is 2. The molecule has 0 aliphatic heterocycles. The van der Waals surface area contributed by atoms with Gasteiger partial charge in [-0.1, -0.05) is 6.08 Å². The number of hydrogen-bond donors (Lipinski definition) is 2. The van der Waals surface area contributed by atoms with E-state index >= 15 is 0 Å². The lowest BCUT2D eigenvalue weighted by molar-refractivity contribution is 0.0919. The van der Waals surface area contributed by atoms with E-state index in [1.54, 1.807) is 37.6 Å². The van der Waals surface area contributed by atoms with E-state index in [9.17, 15) is 0 Å². The van der Waals surface area contributed by atoms with Crippen LogP contribution in [0.1, 0.15) is 31.9 Å². The summed E-state index contributed by atoms with van der Waals surface area (Å²) in [6, 6.07) is 14.8. The second kappa shape index (κ2) is 13.6. The van der Waals surface area contributed by atoms with Gasteiger partial charge in [0.15, 0.2) is 0 Å². The van der Waals surface area contributed by atoms with Gasteiger partial charge in [0.2, 0.25) is 0 Å². The number of allylic oxidation sites excluding steroid dienone is 3. The van der Waals surface area contributed by atoms with E-state index in [2.05, 4.69) is 21.7 Å². The van der Waals surface area contributed by atoms with Gasteiger partial charge in [-0.05, 0) is 68.8 Å². The Balaban J connectivity index is 2.28. The number of hydrogen-bond acceptors (Lipinski definition) is 7. The maximum absolute atomic E-state index is 9.00. The maximum Gasteiger partial charge on any atom is 0.145 e. The van der Waals surface area contributed by atoms with Crippen molar-refractivity contribution in [2.45, 2.75) is 33.4 Å². The standard InChI is InChI=1S/C26H32N4O3/c1-6-7-12-29-26(20(3)28-4)30-17-22-13-24(32-19(2)18-31-5)15-25(14-22)33-23-10-8-21(16-27)9-11-23/h6-15,19,28,30H,17-18H2,1-5H3/b7-6-,26-20-,29-12-. The molecule has 174 valence electrons. The minimum atomic E-state index is -0.117. The van der Waals surface area contributed by atoms with Gasteiger partial charge in [-0.3, -0.25) is 0 Å². The Hall–Kier alpha value is -3.76. The molecule has 0 aromatic heterocycles. The lowest BCUT2D eigenvalue weighted by atomic mass is 10.2. The zero-order chi connectivity index (χ0) is 24.1. The molecule has 0 fully saturated rings. The van der Waals surface area contributed by atoms with E-state index in [1.807, 2.05) is 58.2 Å². The Morgan fingerprint density at radius 2 is 1.88 bits per heavy atom. The van der Waals surface area contributed by atoms with Gasteiger partial charge in [-0.2, -0.15) is 5.26 Å². The zero-order valence-corrected chi connectivity index (χ0v) is 19.9. The molecule has 0 saturated heterocycles. The van der Waals surface area contributed by atoms with Crippen LogP contribution in [0.3, 0.4) is 0 Å². The minimum Gasteiger partial charge on any atom is -0.488 e. The predicted molar refractivity (Wildman–Crippen MR) is 132 cm³/mol. The van der Waals surface area contributed by atoms with E-state index < -0.39 is 0 Å². The maximum atomic E-state index is 9.00. The summed E-state index contributed by atoms with van der Waals surface area (Å²) in [7, 11) is 3.50. The molecule has 1 atom stereocenters.